The Hall–Kier alpha value is -2.66. The van der Waals surface area contributed by atoms with Crippen molar-refractivity contribution in [2.24, 2.45) is 11.7 Å². The number of alkyl halides is 3. The van der Waals surface area contributed by atoms with Crippen LogP contribution in [0, 0.1) is 5.92 Å². The van der Waals surface area contributed by atoms with Crippen LogP contribution in [0.1, 0.15) is 19.4 Å². The molecule has 1 aromatic rings. The molecule has 3 amide bonds. The molecular formula is C18H23F3N4O4. The Labute approximate surface area is 165 Å². The molecular weight excluding hydrogens is 393 g/mol. The van der Waals surface area contributed by atoms with Crippen molar-refractivity contribution in [2.45, 2.75) is 26.1 Å². The summed E-state index contributed by atoms with van der Waals surface area (Å²) in [7, 11) is 0. The van der Waals surface area contributed by atoms with Crippen LogP contribution in [0.25, 0.3) is 0 Å². The number of morpholine rings is 1. The lowest BCUT2D eigenvalue weighted by molar-refractivity contribution is -0.137. The number of carbonyl (C=O) groups is 3. The van der Waals surface area contributed by atoms with Crippen molar-refractivity contribution in [2.75, 3.05) is 36.5 Å². The minimum Gasteiger partial charge on any atom is -0.370 e. The van der Waals surface area contributed by atoms with Gasteiger partial charge in [0.15, 0.2) is 6.04 Å². The number of nitrogens with zero attached hydrogens (tertiary/aromatic N) is 1. The van der Waals surface area contributed by atoms with Gasteiger partial charge in [-0.2, -0.15) is 13.2 Å². The van der Waals surface area contributed by atoms with Crippen molar-refractivity contribution < 1.29 is 32.3 Å². The van der Waals surface area contributed by atoms with Gasteiger partial charge in [0.05, 0.1) is 17.9 Å². The summed E-state index contributed by atoms with van der Waals surface area (Å²) in [5, 5.41) is 4.74. The molecule has 1 aliphatic rings. The van der Waals surface area contributed by atoms with E-state index in [1.807, 2.05) is 13.8 Å². The molecule has 11 heteroatoms. The van der Waals surface area contributed by atoms with Gasteiger partial charge in [-0.15, -0.1) is 0 Å². The zero-order valence-electron chi connectivity index (χ0n) is 16.0. The van der Waals surface area contributed by atoms with E-state index in [2.05, 4.69) is 10.6 Å². The normalized spacial score (nSPS) is 16.1. The summed E-state index contributed by atoms with van der Waals surface area (Å²) in [5.41, 5.74) is 3.55. The molecule has 4 N–H and O–H groups in total. The number of hydrogen-bond acceptors (Lipinski definition) is 5. The zero-order valence-corrected chi connectivity index (χ0v) is 16.0. The third kappa shape index (κ3) is 5.91. The molecule has 29 heavy (non-hydrogen) atoms. The average molecular weight is 416 g/mol. The maximum Gasteiger partial charge on any atom is 0.418 e. The van der Waals surface area contributed by atoms with Gasteiger partial charge in [-0.25, -0.2) is 0 Å². The van der Waals surface area contributed by atoms with Crippen LogP contribution in [0.5, 0.6) is 0 Å². The molecule has 1 heterocycles. The van der Waals surface area contributed by atoms with Gasteiger partial charge < -0.3 is 20.7 Å². The number of carbonyl (C=O) groups excluding carboxylic acids is 3. The summed E-state index contributed by atoms with van der Waals surface area (Å²) in [6.07, 6.45) is -4.80. The number of amides is 3. The van der Waals surface area contributed by atoms with Gasteiger partial charge >= 0.3 is 6.18 Å². The minimum absolute atomic E-state index is 0.0352. The topological polar surface area (TPSA) is 114 Å². The highest BCUT2D eigenvalue weighted by Gasteiger charge is 2.36. The maximum atomic E-state index is 13.6. The van der Waals surface area contributed by atoms with Crippen LogP contribution in [-0.4, -0.2) is 50.1 Å². The van der Waals surface area contributed by atoms with E-state index in [9.17, 15) is 27.6 Å². The fourth-order valence-corrected chi connectivity index (χ4v) is 2.72. The Morgan fingerprint density at radius 1 is 1.31 bits per heavy atom. The first-order valence-corrected chi connectivity index (χ1v) is 8.93. The van der Waals surface area contributed by atoms with Crippen molar-refractivity contribution in [3.8, 4) is 0 Å². The van der Waals surface area contributed by atoms with Crippen molar-refractivity contribution in [3.63, 3.8) is 0 Å². The van der Waals surface area contributed by atoms with Crippen molar-refractivity contribution in [1.82, 2.24) is 5.32 Å². The summed E-state index contributed by atoms with van der Waals surface area (Å²) in [5.74, 6) is -2.39. The summed E-state index contributed by atoms with van der Waals surface area (Å²) < 4.78 is 45.7. The van der Waals surface area contributed by atoms with Gasteiger partial charge in [-0.1, -0.05) is 13.8 Å². The van der Waals surface area contributed by atoms with E-state index in [0.717, 1.165) is 12.1 Å². The van der Waals surface area contributed by atoms with Crippen molar-refractivity contribution in [1.29, 1.82) is 0 Å². The Kier molecular flexibility index (Phi) is 7.20. The molecule has 0 saturated carbocycles. The number of nitrogens with one attached hydrogen (secondary N) is 2. The van der Waals surface area contributed by atoms with Crippen LogP contribution in [0.15, 0.2) is 18.2 Å². The molecule has 0 aromatic heterocycles. The van der Waals surface area contributed by atoms with E-state index in [0.29, 0.717) is 0 Å². The van der Waals surface area contributed by atoms with Crippen LogP contribution in [0.2, 0.25) is 0 Å². The number of ether oxygens (including phenoxy) is 1. The van der Waals surface area contributed by atoms with Gasteiger partial charge in [0.2, 0.25) is 5.91 Å². The smallest absolute Gasteiger partial charge is 0.370 e. The first kappa shape index (κ1) is 22.6. The minimum atomic E-state index is -4.80. The lowest BCUT2D eigenvalue weighted by atomic mass is 10.1. The highest BCUT2D eigenvalue weighted by molar-refractivity contribution is 6.10. The summed E-state index contributed by atoms with van der Waals surface area (Å²) in [6, 6.07) is 1.62. The molecule has 1 atom stereocenters. The van der Waals surface area contributed by atoms with E-state index in [1.54, 1.807) is 0 Å². The number of nitrogens with two attached hydrogens (primary N) is 1. The van der Waals surface area contributed by atoms with Gasteiger partial charge in [0, 0.05) is 12.2 Å². The SMILES string of the molecule is CC(C)CN[C@@H](C(N)=O)C(=O)Nc1ccc(N2CCOCC2=O)cc1C(F)(F)F. The molecule has 0 unspecified atom stereocenters. The first-order valence-electron chi connectivity index (χ1n) is 8.93. The Morgan fingerprint density at radius 3 is 2.55 bits per heavy atom. The predicted molar refractivity (Wildman–Crippen MR) is 99.1 cm³/mol. The van der Waals surface area contributed by atoms with Gasteiger partial charge in [0.1, 0.15) is 6.61 Å². The second-order valence-electron chi connectivity index (χ2n) is 6.95. The molecule has 0 radical (unpaired) electrons. The predicted octanol–water partition coefficient (Wildman–Crippen LogP) is 1.11. The Morgan fingerprint density at radius 2 is 2.00 bits per heavy atom. The lowest BCUT2D eigenvalue weighted by Gasteiger charge is -2.28. The highest BCUT2D eigenvalue weighted by Crippen LogP contribution is 2.37. The number of primary amides is 1. The molecule has 0 aliphatic carbocycles. The second-order valence-corrected chi connectivity index (χ2v) is 6.95. The number of rotatable bonds is 7. The standard InChI is InChI=1S/C18H23F3N4O4/c1-10(2)8-23-15(16(22)27)17(28)24-13-4-3-11(7-12(13)18(19,20)21)25-5-6-29-9-14(25)26/h3-4,7,10,15,23H,5-6,8-9H2,1-2H3,(H2,22,27)(H,24,28)/t15-/m0/s1. The second kappa shape index (κ2) is 9.23. The van der Waals surface area contributed by atoms with E-state index in [-0.39, 0.29) is 37.9 Å². The fraction of sp³-hybridized carbons (Fsp3) is 0.500. The van der Waals surface area contributed by atoms with Crippen molar-refractivity contribution >= 4 is 29.1 Å². The van der Waals surface area contributed by atoms with E-state index >= 15 is 0 Å². The molecule has 0 bridgehead atoms. The monoisotopic (exact) mass is 416 g/mol. The van der Waals surface area contributed by atoms with Crippen LogP contribution in [0.3, 0.4) is 0 Å². The summed E-state index contributed by atoms with van der Waals surface area (Å²) >= 11 is 0. The average Bonchev–Trinajstić information content (AvgIpc) is 2.61. The quantitative estimate of drug-likeness (QED) is 0.576. The van der Waals surface area contributed by atoms with Gasteiger partial charge in [0.25, 0.3) is 11.8 Å². The molecule has 1 saturated heterocycles. The Bertz CT molecular complexity index is 783. The maximum absolute atomic E-state index is 13.6. The molecule has 2 rings (SSSR count). The third-order valence-corrected chi connectivity index (χ3v) is 4.14. The molecule has 1 aliphatic heterocycles. The van der Waals surface area contributed by atoms with Gasteiger partial charge in [-0.3, -0.25) is 19.7 Å². The van der Waals surface area contributed by atoms with E-state index < -0.39 is 41.2 Å². The first-order chi connectivity index (χ1) is 13.5. The third-order valence-electron chi connectivity index (χ3n) is 4.14. The molecule has 160 valence electrons. The van der Waals surface area contributed by atoms with Crippen LogP contribution >= 0.6 is 0 Å². The zero-order chi connectivity index (χ0) is 21.8. The van der Waals surface area contributed by atoms with Gasteiger partial charge in [-0.05, 0) is 30.7 Å². The molecule has 1 aromatic carbocycles. The number of benzene rings is 1. The van der Waals surface area contributed by atoms with E-state index in [4.69, 9.17) is 10.5 Å². The number of anilines is 2. The van der Waals surface area contributed by atoms with Crippen LogP contribution < -0.4 is 21.3 Å². The van der Waals surface area contributed by atoms with Crippen LogP contribution in [0.4, 0.5) is 24.5 Å². The van der Waals surface area contributed by atoms with Crippen LogP contribution in [-0.2, 0) is 25.3 Å². The molecule has 1 fully saturated rings. The largest absolute Gasteiger partial charge is 0.418 e. The van der Waals surface area contributed by atoms with E-state index in [1.165, 1.54) is 11.0 Å². The molecule has 0 spiro atoms. The number of halogens is 3. The summed E-state index contributed by atoms with van der Waals surface area (Å²) in [4.78, 5) is 37.0. The lowest BCUT2D eigenvalue weighted by Crippen LogP contribution is -2.50. The molecule has 8 nitrogen and oxygen atoms in total. The Balaban J connectivity index is 2.30. The highest BCUT2D eigenvalue weighted by atomic mass is 19.4. The fourth-order valence-electron chi connectivity index (χ4n) is 2.72. The number of hydrogen-bond donors (Lipinski definition) is 3. The summed E-state index contributed by atoms with van der Waals surface area (Å²) in [6.45, 7) is 4.03. The van der Waals surface area contributed by atoms with Crippen molar-refractivity contribution in [3.05, 3.63) is 23.8 Å².